The molecule has 26 heavy (non-hydrogen) atoms. The van der Waals surface area contributed by atoms with Crippen molar-refractivity contribution in [2.75, 3.05) is 0 Å². The molecule has 0 aliphatic heterocycles. The van der Waals surface area contributed by atoms with E-state index in [9.17, 15) is 0 Å². The third-order valence-corrected chi connectivity index (χ3v) is 5.39. The SMILES string of the molecule is Cc1ccc(Sc2c(-c3ccccc3)noc2-c2ccc(Cl)cc2)cc1. The molecule has 0 atom stereocenters. The summed E-state index contributed by atoms with van der Waals surface area (Å²) in [5, 5.41) is 5.07. The largest absolute Gasteiger partial charge is 0.354 e. The molecule has 128 valence electrons. The highest BCUT2D eigenvalue weighted by molar-refractivity contribution is 7.99. The van der Waals surface area contributed by atoms with Crippen LogP contribution in [0.2, 0.25) is 5.02 Å². The lowest BCUT2D eigenvalue weighted by Crippen LogP contribution is -1.83. The van der Waals surface area contributed by atoms with Crippen molar-refractivity contribution in [1.29, 1.82) is 0 Å². The molecule has 3 aromatic carbocycles. The average molecular weight is 378 g/mol. The first-order valence-electron chi connectivity index (χ1n) is 8.26. The van der Waals surface area contributed by atoms with E-state index in [2.05, 4.69) is 36.3 Å². The molecule has 0 N–H and O–H groups in total. The summed E-state index contributed by atoms with van der Waals surface area (Å²) in [6.07, 6.45) is 0. The van der Waals surface area contributed by atoms with E-state index >= 15 is 0 Å². The summed E-state index contributed by atoms with van der Waals surface area (Å²) in [5.74, 6) is 0.756. The average Bonchev–Trinajstić information content (AvgIpc) is 3.08. The van der Waals surface area contributed by atoms with Crippen molar-refractivity contribution < 1.29 is 4.52 Å². The van der Waals surface area contributed by atoms with Crippen molar-refractivity contribution >= 4 is 23.4 Å². The minimum atomic E-state index is 0.698. The van der Waals surface area contributed by atoms with Crippen LogP contribution in [0.25, 0.3) is 22.6 Å². The third kappa shape index (κ3) is 3.55. The highest BCUT2D eigenvalue weighted by Gasteiger charge is 2.20. The summed E-state index contributed by atoms with van der Waals surface area (Å²) in [4.78, 5) is 2.15. The van der Waals surface area contributed by atoms with E-state index in [-0.39, 0.29) is 0 Å². The first-order valence-corrected chi connectivity index (χ1v) is 9.46. The maximum Gasteiger partial charge on any atom is 0.181 e. The Morgan fingerprint density at radius 2 is 1.50 bits per heavy atom. The minimum absolute atomic E-state index is 0.698. The zero-order valence-corrected chi connectivity index (χ0v) is 15.7. The van der Waals surface area contributed by atoms with E-state index in [0.29, 0.717) is 5.02 Å². The predicted octanol–water partition coefficient (Wildman–Crippen LogP) is 7.12. The second-order valence-corrected chi connectivity index (χ2v) is 7.50. The van der Waals surface area contributed by atoms with Crippen molar-refractivity contribution in [2.24, 2.45) is 0 Å². The van der Waals surface area contributed by atoms with E-state index in [1.807, 2.05) is 54.6 Å². The molecule has 0 bridgehead atoms. The van der Waals surface area contributed by atoms with E-state index in [0.717, 1.165) is 32.4 Å². The van der Waals surface area contributed by atoms with Gasteiger partial charge in [0.15, 0.2) is 5.76 Å². The van der Waals surface area contributed by atoms with Gasteiger partial charge in [0.05, 0.1) is 4.90 Å². The van der Waals surface area contributed by atoms with Crippen LogP contribution in [0.4, 0.5) is 0 Å². The Morgan fingerprint density at radius 1 is 0.808 bits per heavy atom. The standard InChI is InChI=1S/C22H16ClNOS/c1-15-7-13-19(14-8-15)26-22-20(16-5-3-2-4-6-16)24-25-21(22)17-9-11-18(23)12-10-17/h2-14H,1H3. The fourth-order valence-electron chi connectivity index (χ4n) is 2.67. The second kappa shape index (κ2) is 7.40. The molecule has 4 heteroatoms. The number of benzene rings is 3. The number of aromatic nitrogens is 1. The normalized spacial score (nSPS) is 10.8. The Balaban J connectivity index is 1.82. The lowest BCUT2D eigenvalue weighted by molar-refractivity contribution is 0.433. The fourth-order valence-corrected chi connectivity index (χ4v) is 3.80. The van der Waals surface area contributed by atoms with Crippen LogP contribution in [0.15, 0.2) is 93.2 Å². The molecule has 4 rings (SSSR count). The molecule has 0 saturated carbocycles. The zero-order chi connectivity index (χ0) is 17.9. The Hall–Kier alpha value is -2.49. The van der Waals surface area contributed by atoms with Crippen LogP contribution in [0, 0.1) is 6.92 Å². The lowest BCUT2D eigenvalue weighted by Gasteiger charge is -2.05. The van der Waals surface area contributed by atoms with Gasteiger partial charge in [-0.2, -0.15) is 0 Å². The van der Waals surface area contributed by atoms with Crippen molar-refractivity contribution in [3.05, 3.63) is 89.4 Å². The van der Waals surface area contributed by atoms with Gasteiger partial charge in [0.2, 0.25) is 0 Å². The lowest BCUT2D eigenvalue weighted by atomic mass is 10.1. The maximum absolute atomic E-state index is 6.03. The van der Waals surface area contributed by atoms with E-state index in [1.165, 1.54) is 5.56 Å². The van der Waals surface area contributed by atoms with E-state index in [4.69, 9.17) is 16.1 Å². The van der Waals surface area contributed by atoms with Gasteiger partial charge in [-0.05, 0) is 43.3 Å². The van der Waals surface area contributed by atoms with Gasteiger partial charge in [-0.1, -0.05) is 76.5 Å². The number of rotatable bonds is 4. The number of hydrogen-bond acceptors (Lipinski definition) is 3. The van der Waals surface area contributed by atoms with Crippen LogP contribution in [0.1, 0.15) is 5.56 Å². The molecule has 0 unspecified atom stereocenters. The molecule has 2 nitrogen and oxygen atoms in total. The zero-order valence-electron chi connectivity index (χ0n) is 14.1. The maximum atomic E-state index is 6.03. The Kier molecular flexibility index (Phi) is 4.83. The minimum Gasteiger partial charge on any atom is -0.354 e. The highest BCUT2D eigenvalue weighted by atomic mass is 35.5. The van der Waals surface area contributed by atoms with Gasteiger partial charge in [-0.25, -0.2) is 0 Å². The summed E-state index contributed by atoms with van der Waals surface area (Å²) in [5.41, 5.74) is 4.08. The van der Waals surface area contributed by atoms with E-state index in [1.54, 1.807) is 11.8 Å². The molecule has 0 fully saturated rings. The third-order valence-electron chi connectivity index (χ3n) is 4.04. The van der Waals surface area contributed by atoms with Crippen LogP contribution in [-0.2, 0) is 0 Å². The van der Waals surface area contributed by atoms with Crippen molar-refractivity contribution in [2.45, 2.75) is 16.7 Å². The quantitative estimate of drug-likeness (QED) is 0.378. The number of aryl methyl sites for hydroxylation is 1. The van der Waals surface area contributed by atoms with Crippen LogP contribution < -0.4 is 0 Å². The molecule has 4 aromatic rings. The van der Waals surface area contributed by atoms with Gasteiger partial charge in [-0.15, -0.1) is 0 Å². The second-order valence-electron chi connectivity index (χ2n) is 5.98. The Bertz CT molecular complexity index is 1010. The molecule has 0 saturated heterocycles. The molecular weight excluding hydrogens is 362 g/mol. The van der Waals surface area contributed by atoms with Gasteiger partial charge in [0, 0.05) is 21.0 Å². The topological polar surface area (TPSA) is 26.0 Å². The predicted molar refractivity (Wildman–Crippen MR) is 108 cm³/mol. The number of nitrogens with zero attached hydrogens (tertiary/aromatic N) is 1. The van der Waals surface area contributed by atoms with Crippen LogP contribution in [-0.4, -0.2) is 5.16 Å². The number of halogens is 1. The van der Waals surface area contributed by atoms with Crippen LogP contribution in [0.3, 0.4) is 0 Å². The summed E-state index contributed by atoms with van der Waals surface area (Å²) in [6, 6.07) is 26.2. The van der Waals surface area contributed by atoms with Crippen molar-refractivity contribution in [3.63, 3.8) is 0 Å². The van der Waals surface area contributed by atoms with E-state index < -0.39 is 0 Å². The molecule has 1 aromatic heterocycles. The molecule has 0 amide bonds. The fraction of sp³-hybridized carbons (Fsp3) is 0.0455. The van der Waals surface area contributed by atoms with Crippen molar-refractivity contribution in [1.82, 2.24) is 5.16 Å². The van der Waals surface area contributed by atoms with Crippen molar-refractivity contribution in [3.8, 4) is 22.6 Å². The van der Waals surface area contributed by atoms with Gasteiger partial charge >= 0.3 is 0 Å². The van der Waals surface area contributed by atoms with Gasteiger partial charge in [-0.3, -0.25) is 0 Å². The first-order chi connectivity index (χ1) is 12.7. The van der Waals surface area contributed by atoms with Gasteiger partial charge in [0.1, 0.15) is 5.69 Å². The molecule has 0 aliphatic carbocycles. The van der Waals surface area contributed by atoms with Crippen LogP contribution in [0.5, 0.6) is 0 Å². The Labute approximate surface area is 161 Å². The Morgan fingerprint density at radius 3 is 2.19 bits per heavy atom. The monoisotopic (exact) mass is 377 g/mol. The van der Waals surface area contributed by atoms with Gasteiger partial charge in [0.25, 0.3) is 0 Å². The summed E-state index contributed by atoms with van der Waals surface area (Å²) in [7, 11) is 0. The summed E-state index contributed by atoms with van der Waals surface area (Å²) >= 11 is 7.69. The van der Waals surface area contributed by atoms with Crippen LogP contribution >= 0.6 is 23.4 Å². The van der Waals surface area contributed by atoms with Gasteiger partial charge < -0.3 is 4.52 Å². The number of hydrogen-bond donors (Lipinski definition) is 0. The summed E-state index contributed by atoms with van der Waals surface area (Å²) in [6.45, 7) is 2.09. The highest BCUT2D eigenvalue weighted by Crippen LogP contribution is 2.42. The molecule has 0 spiro atoms. The molecule has 0 radical (unpaired) electrons. The molecule has 1 heterocycles. The first kappa shape index (κ1) is 17.0. The molecule has 0 aliphatic rings. The summed E-state index contributed by atoms with van der Waals surface area (Å²) < 4.78 is 5.76. The molecular formula is C22H16ClNOS. The smallest absolute Gasteiger partial charge is 0.181 e.